The van der Waals surface area contributed by atoms with E-state index in [0.717, 1.165) is 16.9 Å². The average Bonchev–Trinajstić information content (AvgIpc) is 2.68. The monoisotopic (exact) mass is 387 g/mol. The summed E-state index contributed by atoms with van der Waals surface area (Å²) in [5, 5.41) is 11.3. The first kappa shape index (κ1) is 21.1. The minimum atomic E-state index is -0.996. The van der Waals surface area contributed by atoms with E-state index in [1.54, 1.807) is 19.2 Å². The third kappa shape index (κ3) is 7.19. The van der Waals surface area contributed by atoms with Crippen LogP contribution in [0, 0.1) is 6.92 Å². The zero-order chi connectivity index (χ0) is 20.4. The van der Waals surface area contributed by atoms with Crippen molar-refractivity contribution in [3.63, 3.8) is 0 Å². The summed E-state index contributed by atoms with van der Waals surface area (Å²) in [6.45, 7) is 3.04. The molecule has 0 heterocycles. The molecule has 2 aromatic carbocycles. The maximum atomic E-state index is 11.6. The summed E-state index contributed by atoms with van der Waals surface area (Å²) in [6, 6.07) is 13.2. The third-order valence-electron chi connectivity index (χ3n) is 3.88. The molecule has 0 unspecified atom stereocenters. The van der Waals surface area contributed by atoms with Gasteiger partial charge < -0.3 is 24.6 Å². The Labute approximate surface area is 164 Å². The van der Waals surface area contributed by atoms with Crippen molar-refractivity contribution in [1.29, 1.82) is 0 Å². The van der Waals surface area contributed by atoms with Gasteiger partial charge in [0, 0.05) is 13.0 Å². The van der Waals surface area contributed by atoms with Crippen molar-refractivity contribution in [3.05, 3.63) is 53.6 Å². The molecule has 0 aliphatic heterocycles. The van der Waals surface area contributed by atoms with Gasteiger partial charge in [-0.25, -0.2) is 0 Å². The number of hydrogen-bond donors (Lipinski definition) is 2. The highest BCUT2D eigenvalue weighted by atomic mass is 16.5. The summed E-state index contributed by atoms with van der Waals surface area (Å²) in [6.07, 6.45) is -0.235. The van der Waals surface area contributed by atoms with Crippen LogP contribution in [0.3, 0.4) is 0 Å². The molecular weight excluding hydrogens is 362 g/mol. The third-order valence-corrected chi connectivity index (χ3v) is 3.88. The molecule has 1 amide bonds. The fraction of sp³-hybridized carbons (Fsp3) is 0.333. The van der Waals surface area contributed by atoms with E-state index in [1.807, 2.05) is 37.3 Å². The molecule has 2 N–H and O–H groups in total. The van der Waals surface area contributed by atoms with Crippen LogP contribution in [0.25, 0.3) is 0 Å². The van der Waals surface area contributed by atoms with Gasteiger partial charge in [0.25, 0.3) is 0 Å². The minimum absolute atomic E-state index is 0.0470. The maximum Gasteiger partial charge on any atom is 0.303 e. The fourth-order valence-electron chi connectivity index (χ4n) is 2.47. The molecule has 7 nitrogen and oxygen atoms in total. The van der Waals surface area contributed by atoms with Crippen molar-refractivity contribution in [2.45, 2.75) is 26.3 Å². The van der Waals surface area contributed by atoms with Gasteiger partial charge in [-0.1, -0.05) is 18.2 Å². The number of aryl methyl sites for hydroxylation is 1. The topological polar surface area (TPSA) is 94.1 Å². The number of ether oxygens (including phenoxy) is 3. The Balaban J connectivity index is 1.81. The Morgan fingerprint density at radius 3 is 2.50 bits per heavy atom. The molecule has 0 aliphatic carbocycles. The van der Waals surface area contributed by atoms with Gasteiger partial charge in [-0.15, -0.1) is 0 Å². The van der Waals surface area contributed by atoms with Crippen molar-refractivity contribution < 1.29 is 28.9 Å². The average molecular weight is 387 g/mol. The van der Waals surface area contributed by atoms with Gasteiger partial charge in [-0.05, 0) is 42.3 Å². The molecule has 0 bridgehead atoms. The number of rotatable bonds is 11. The highest BCUT2D eigenvalue weighted by Gasteiger charge is 2.08. The lowest BCUT2D eigenvalue weighted by Gasteiger charge is -2.13. The largest absolute Gasteiger partial charge is 0.493 e. The van der Waals surface area contributed by atoms with Gasteiger partial charge in [-0.3, -0.25) is 9.59 Å². The van der Waals surface area contributed by atoms with Gasteiger partial charge in [0.1, 0.15) is 19.0 Å². The number of carboxylic acid groups (broad SMARTS) is 1. The van der Waals surface area contributed by atoms with Crippen LogP contribution in [0.5, 0.6) is 17.2 Å². The smallest absolute Gasteiger partial charge is 0.303 e. The van der Waals surface area contributed by atoms with E-state index >= 15 is 0 Å². The number of nitrogens with one attached hydrogen (secondary N) is 1. The van der Waals surface area contributed by atoms with E-state index in [2.05, 4.69) is 5.32 Å². The number of carbonyl (C=O) groups excluding carboxylic acids is 1. The first-order chi connectivity index (χ1) is 13.5. The van der Waals surface area contributed by atoms with E-state index in [9.17, 15) is 9.59 Å². The second kappa shape index (κ2) is 10.8. The molecule has 0 saturated heterocycles. The molecule has 0 aromatic heterocycles. The Morgan fingerprint density at radius 1 is 1.00 bits per heavy atom. The van der Waals surface area contributed by atoms with Crippen molar-refractivity contribution >= 4 is 11.9 Å². The summed E-state index contributed by atoms with van der Waals surface area (Å²) in [4.78, 5) is 22.1. The zero-order valence-corrected chi connectivity index (χ0v) is 16.1. The lowest BCUT2D eigenvalue weighted by atomic mass is 10.2. The second-order valence-electron chi connectivity index (χ2n) is 6.17. The molecule has 0 fully saturated rings. The molecule has 0 spiro atoms. The lowest BCUT2D eigenvalue weighted by molar-refractivity contribution is -0.138. The summed E-state index contributed by atoms with van der Waals surface area (Å²) in [5.74, 6) is 0.619. The Kier molecular flexibility index (Phi) is 8.14. The molecule has 0 saturated carbocycles. The summed E-state index contributed by atoms with van der Waals surface area (Å²) < 4.78 is 16.7. The Hall–Kier alpha value is -3.22. The van der Waals surface area contributed by atoms with Crippen LogP contribution >= 0.6 is 0 Å². The molecule has 0 atom stereocenters. The highest BCUT2D eigenvalue weighted by molar-refractivity contribution is 5.80. The predicted molar refractivity (Wildman–Crippen MR) is 104 cm³/mol. The van der Waals surface area contributed by atoms with Crippen LogP contribution in [0.15, 0.2) is 42.5 Å². The number of hydrogen-bond acceptors (Lipinski definition) is 5. The molecule has 0 radical (unpaired) electrons. The molecule has 150 valence electrons. The number of aliphatic carboxylic acids is 1. The van der Waals surface area contributed by atoms with Crippen molar-refractivity contribution in [2.75, 3.05) is 20.3 Å². The normalized spacial score (nSPS) is 10.2. The SMILES string of the molecule is COc1cc(CNC(=O)CCC(=O)O)ccc1OCCOc1cccc(C)c1. The predicted octanol–water partition coefficient (Wildman–Crippen LogP) is 2.94. The first-order valence-electron chi connectivity index (χ1n) is 8.95. The zero-order valence-electron chi connectivity index (χ0n) is 16.1. The van der Waals surface area contributed by atoms with Crippen LogP contribution in [-0.2, 0) is 16.1 Å². The number of carboxylic acids is 1. The van der Waals surface area contributed by atoms with Crippen molar-refractivity contribution in [2.24, 2.45) is 0 Å². The molecule has 0 aliphatic rings. The Morgan fingerprint density at radius 2 is 1.79 bits per heavy atom. The maximum absolute atomic E-state index is 11.6. The molecule has 2 rings (SSSR count). The van der Waals surface area contributed by atoms with Gasteiger partial charge in [0.2, 0.25) is 5.91 Å². The van der Waals surface area contributed by atoms with E-state index < -0.39 is 5.97 Å². The van der Waals surface area contributed by atoms with Gasteiger partial charge in [0.05, 0.1) is 13.5 Å². The van der Waals surface area contributed by atoms with Crippen LogP contribution < -0.4 is 19.5 Å². The van der Waals surface area contributed by atoms with Gasteiger partial charge in [0.15, 0.2) is 11.5 Å². The molecular formula is C21H25NO6. The van der Waals surface area contributed by atoms with Crippen molar-refractivity contribution in [3.8, 4) is 17.2 Å². The summed E-state index contributed by atoms with van der Waals surface area (Å²) in [5.41, 5.74) is 1.95. The molecule has 2 aromatic rings. The number of methoxy groups -OCH3 is 1. The van der Waals surface area contributed by atoms with Crippen LogP contribution in [0.1, 0.15) is 24.0 Å². The van der Waals surface area contributed by atoms with Crippen LogP contribution in [0.2, 0.25) is 0 Å². The highest BCUT2D eigenvalue weighted by Crippen LogP contribution is 2.28. The van der Waals surface area contributed by atoms with Gasteiger partial charge >= 0.3 is 5.97 Å². The summed E-state index contributed by atoms with van der Waals surface area (Å²) >= 11 is 0. The molecule has 7 heteroatoms. The lowest BCUT2D eigenvalue weighted by Crippen LogP contribution is -2.23. The van der Waals surface area contributed by atoms with E-state index in [0.29, 0.717) is 24.7 Å². The van der Waals surface area contributed by atoms with Gasteiger partial charge in [-0.2, -0.15) is 0 Å². The fourth-order valence-corrected chi connectivity index (χ4v) is 2.47. The Bertz CT molecular complexity index is 805. The van der Waals surface area contributed by atoms with E-state index in [4.69, 9.17) is 19.3 Å². The standard InChI is InChI=1S/C21H25NO6/c1-15-4-3-5-17(12-15)27-10-11-28-18-7-6-16(13-19(18)26-2)14-22-20(23)8-9-21(24)25/h3-7,12-13H,8-11,14H2,1-2H3,(H,22,23)(H,24,25). The summed E-state index contributed by atoms with van der Waals surface area (Å²) in [7, 11) is 1.54. The minimum Gasteiger partial charge on any atom is -0.493 e. The number of amides is 1. The number of carbonyl (C=O) groups is 2. The quantitative estimate of drug-likeness (QED) is 0.576. The molecule has 28 heavy (non-hydrogen) atoms. The van der Waals surface area contributed by atoms with E-state index in [-0.39, 0.29) is 25.3 Å². The van der Waals surface area contributed by atoms with Crippen LogP contribution in [-0.4, -0.2) is 37.3 Å². The van der Waals surface area contributed by atoms with Crippen LogP contribution in [0.4, 0.5) is 0 Å². The van der Waals surface area contributed by atoms with E-state index in [1.165, 1.54) is 0 Å². The van der Waals surface area contributed by atoms with Crippen molar-refractivity contribution in [1.82, 2.24) is 5.32 Å². The second-order valence-corrected chi connectivity index (χ2v) is 6.17. The number of benzene rings is 2. The first-order valence-corrected chi connectivity index (χ1v) is 8.95.